The number of thioether (sulfide) groups is 1. The topological polar surface area (TPSA) is 71.1 Å². The van der Waals surface area contributed by atoms with Gasteiger partial charge in [-0.05, 0) is 6.92 Å². The molecule has 118 valence electrons. The standard InChI is InChI=1S/C13H24O6S/c1-12(14)11-19-8-7-17-4-3-16-5-6-18-9-10-20-13(2)15/h3-11H2,1-2H3. The van der Waals surface area contributed by atoms with Crippen molar-refractivity contribution in [2.45, 2.75) is 13.8 Å². The second-order valence-corrected chi connectivity index (χ2v) is 5.20. The third-order valence-electron chi connectivity index (χ3n) is 1.95. The quantitative estimate of drug-likeness (QED) is 0.442. The van der Waals surface area contributed by atoms with Gasteiger partial charge in [0.1, 0.15) is 6.61 Å². The van der Waals surface area contributed by atoms with Gasteiger partial charge in [-0.1, -0.05) is 11.8 Å². The van der Waals surface area contributed by atoms with E-state index in [1.165, 1.54) is 18.7 Å². The minimum absolute atomic E-state index is 0.00929. The predicted octanol–water partition coefficient (Wildman–Crippen LogP) is 0.921. The van der Waals surface area contributed by atoms with Crippen molar-refractivity contribution in [3.8, 4) is 0 Å². The monoisotopic (exact) mass is 308 g/mol. The molecule has 0 aromatic rings. The summed E-state index contributed by atoms with van der Waals surface area (Å²) in [5.41, 5.74) is 0. The molecule has 6 nitrogen and oxygen atoms in total. The molecule has 0 spiro atoms. The second kappa shape index (κ2) is 14.9. The van der Waals surface area contributed by atoms with Crippen LogP contribution in [0, 0.1) is 0 Å². The molecule has 0 aliphatic carbocycles. The van der Waals surface area contributed by atoms with Crippen molar-refractivity contribution in [1.29, 1.82) is 0 Å². The van der Waals surface area contributed by atoms with Gasteiger partial charge in [-0.3, -0.25) is 9.59 Å². The minimum Gasteiger partial charge on any atom is -0.378 e. The van der Waals surface area contributed by atoms with Gasteiger partial charge in [0.2, 0.25) is 0 Å². The second-order valence-electron chi connectivity index (χ2n) is 3.93. The predicted molar refractivity (Wildman–Crippen MR) is 77.1 cm³/mol. The van der Waals surface area contributed by atoms with Crippen LogP contribution in [0.1, 0.15) is 13.8 Å². The number of hydrogen-bond donors (Lipinski definition) is 0. The van der Waals surface area contributed by atoms with Crippen molar-refractivity contribution in [2.24, 2.45) is 0 Å². The average molecular weight is 308 g/mol. The number of carbonyl (C=O) groups is 2. The molecular weight excluding hydrogens is 284 g/mol. The van der Waals surface area contributed by atoms with Crippen LogP contribution < -0.4 is 0 Å². The molecule has 0 aliphatic heterocycles. The van der Waals surface area contributed by atoms with Gasteiger partial charge in [-0.15, -0.1) is 0 Å². The molecule has 0 bridgehead atoms. The van der Waals surface area contributed by atoms with Crippen molar-refractivity contribution in [1.82, 2.24) is 0 Å². The number of ether oxygens (including phenoxy) is 4. The zero-order chi connectivity index (χ0) is 15.1. The summed E-state index contributed by atoms with van der Waals surface area (Å²) < 4.78 is 20.8. The van der Waals surface area contributed by atoms with Gasteiger partial charge in [0.05, 0.1) is 46.2 Å². The number of carbonyl (C=O) groups excluding carboxylic acids is 2. The smallest absolute Gasteiger partial charge is 0.185 e. The van der Waals surface area contributed by atoms with E-state index in [9.17, 15) is 9.59 Å². The van der Waals surface area contributed by atoms with E-state index in [-0.39, 0.29) is 17.5 Å². The molecule has 0 N–H and O–H groups in total. The van der Waals surface area contributed by atoms with Crippen LogP contribution in [-0.2, 0) is 28.5 Å². The molecule has 0 fully saturated rings. The van der Waals surface area contributed by atoms with Gasteiger partial charge in [0.15, 0.2) is 10.9 Å². The molecule has 0 saturated heterocycles. The molecule has 20 heavy (non-hydrogen) atoms. The van der Waals surface area contributed by atoms with Crippen molar-refractivity contribution >= 4 is 22.7 Å². The van der Waals surface area contributed by atoms with E-state index < -0.39 is 0 Å². The Bertz CT molecular complexity index is 233. The number of rotatable bonds is 14. The average Bonchev–Trinajstić information content (AvgIpc) is 2.38. The zero-order valence-electron chi connectivity index (χ0n) is 12.2. The molecule has 0 radical (unpaired) electrons. The minimum atomic E-state index is 0.00929. The van der Waals surface area contributed by atoms with E-state index in [1.54, 1.807) is 6.92 Å². The van der Waals surface area contributed by atoms with Crippen LogP contribution in [0.15, 0.2) is 0 Å². The van der Waals surface area contributed by atoms with E-state index in [0.29, 0.717) is 52.0 Å². The summed E-state index contributed by atoms with van der Waals surface area (Å²) in [5.74, 6) is 0.689. The maximum atomic E-state index is 10.6. The fourth-order valence-corrected chi connectivity index (χ4v) is 1.61. The Morgan fingerprint density at radius 2 is 1.20 bits per heavy atom. The summed E-state index contributed by atoms with van der Waals surface area (Å²) >= 11 is 1.26. The lowest BCUT2D eigenvalue weighted by atomic mass is 10.5. The highest BCUT2D eigenvalue weighted by atomic mass is 32.2. The first-order valence-corrected chi connectivity index (χ1v) is 7.55. The maximum Gasteiger partial charge on any atom is 0.185 e. The fraction of sp³-hybridized carbons (Fsp3) is 0.846. The van der Waals surface area contributed by atoms with Crippen LogP contribution in [0.4, 0.5) is 0 Å². The number of Topliss-reactive ketones (excluding diaryl/α,β-unsaturated/α-hetero) is 1. The normalized spacial score (nSPS) is 10.7. The summed E-state index contributed by atoms with van der Waals surface area (Å²) in [6.45, 7) is 6.59. The van der Waals surface area contributed by atoms with Gasteiger partial charge in [0, 0.05) is 12.7 Å². The maximum absolute atomic E-state index is 10.6. The molecular formula is C13H24O6S. The summed E-state index contributed by atoms with van der Waals surface area (Å²) in [5, 5.41) is 0.106. The Hall–Kier alpha value is -0.470. The van der Waals surface area contributed by atoms with E-state index >= 15 is 0 Å². The Morgan fingerprint density at radius 1 is 0.750 bits per heavy atom. The van der Waals surface area contributed by atoms with Gasteiger partial charge in [-0.25, -0.2) is 0 Å². The van der Waals surface area contributed by atoms with Crippen molar-refractivity contribution in [3.63, 3.8) is 0 Å². The molecule has 0 unspecified atom stereocenters. The Kier molecular flexibility index (Phi) is 14.6. The lowest BCUT2D eigenvalue weighted by molar-refractivity contribution is -0.122. The highest BCUT2D eigenvalue weighted by molar-refractivity contribution is 8.13. The first-order chi connectivity index (χ1) is 9.63. The highest BCUT2D eigenvalue weighted by Gasteiger charge is 1.95. The van der Waals surface area contributed by atoms with Crippen molar-refractivity contribution in [2.75, 3.05) is 58.6 Å². The molecule has 0 atom stereocenters. The largest absolute Gasteiger partial charge is 0.378 e. The molecule has 0 heterocycles. The van der Waals surface area contributed by atoms with Gasteiger partial charge in [-0.2, -0.15) is 0 Å². The molecule has 0 aromatic carbocycles. The Morgan fingerprint density at radius 3 is 1.65 bits per heavy atom. The summed E-state index contributed by atoms with van der Waals surface area (Å²) in [7, 11) is 0. The lowest BCUT2D eigenvalue weighted by Gasteiger charge is -2.06. The van der Waals surface area contributed by atoms with E-state index in [2.05, 4.69) is 0 Å². The number of ketones is 1. The van der Waals surface area contributed by atoms with E-state index in [0.717, 1.165) is 0 Å². The number of hydrogen-bond acceptors (Lipinski definition) is 7. The molecule has 0 aromatic heterocycles. The third-order valence-corrected chi connectivity index (χ3v) is 2.73. The molecule has 0 saturated carbocycles. The summed E-state index contributed by atoms with van der Waals surface area (Å²) in [6, 6.07) is 0. The summed E-state index contributed by atoms with van der Waals surface area (Å²) in [4.78, 5) is 21.2. The van der Waals surface area contributed by atoms with Gasteiger partial charge in [0.25, 0.3) is 0 Å². The molecule has 7 heteroatoms. The molecule has 0 aliphatic rings. The van der Waals surface area contributed by atoms with Gasteiger partial charge >= 0.3 is 0 Å². The first-order valence-electron chi connectivity index (χ1n) is 6.56. The van der Waals surface area contributed by atoms with Crippen LogP contribution in [0.25, 0.3) is 0 Å². The zero-order valence-corrected chi connectivity index (χ0v) is 13.0. The van der Waals surface area contributed by atoms with Crippen LogP contribution in [0.5, 0.6) is 0 Å². The van der Waals surface area contributed by atoms with Crippen molar-refractivity contribution in [3.05, 3.63) is 0 Å². The first kappa shape index (κ1) is 19.5. The van der Waals surface area contributed by atoms with Crippen LogP contribution >= 0.6 is 11.8 Å². The Labute approximate surface area is 124 Å². The highest BCUT2D eigenvalue weighted by Crippen LogP contribution is 1.99. The van der Waals surface area contributed by atoms with Crippen molar-refractivity contribution < 1.29 is 28.5 Å². The van der Waals surface area contributed by atoms with Crippen LogP contribution in [-0.4, -0.2) is 69.5 Å². The molecule has 0 amide bonds. The van der Waals surface area contributed by atoms with E-state index in [1.807, 2.05) is 0 Å². The SMILES string of the molecule is CC(=O)COCCOCCOCCOCCSC(C)=O. The third kappa shape index (κ3) is 17.5. The van der Waals surface area contributed by atoms with E-state index in [4.69, 9.17) is 18.9 Å². The Balaban J connectivity index is 2.99. The fourth-order valence-electron chi connectivity index (χ4n) is 1.12. The molecule has 0 rings (SSSR count). The lowest BCUT2D eigenvalue weighted by Crippen LogP contribution is -2.13. The summed E-state index contributed by atoms with van der Waals surface area (Å²) in [6.07, 6.45) is 0. The van der Waals surface area contributed by atoms with Crippen LogP contribution in [0.3, 0.4) is 0 Å². The van der Waals surface area contributed by atoms with Crippen LogP contribution in [0.2, 0.25) is 0 Å². The van der Waals surface area contributed by atoms with Gasteiger partial charge < -0.3 is 18.9 Å².